The van der Waals surface area contributed by atoms with Gasteiger partial charge < -0.3 is 9.64 Å². The van der Waals surface area contributed by atoms with E-state index >= 15 is 0 Å². The van der Waals surface area contributed by atoms with Crippen LogP contribution in [0.3, 0.4) is 0 Å². The fraction of sp³-hybridized carbons (Fsp3) is 0.500. The third kappa shape index (κ3) is 2.86. The Morgan fingerprint density at radius 2 is 2.47 bits per heavy atom. The molecule has 2 heterocycles. The van der Waals surface area contributed by atoms with Gasteiger partial charge >= 0.3 is 0 Å². The van der Waals surface area contributed by atoms with Crippen LogP contribution >= 0.6 is 0 Å². The van der Waals surface area contributed by atoms with E-state index in [1.165, 1.54) is 19.4 Å². The molecule has 1 aromatic rings. The van der Waals surface area contributed by atoms with Crippen LogP contribution in [0.25, 0.3) is 6.08 Å². The maximum atomic E-state index is 5.80. The second kappa shape index (κ2) is 5.32. The van der Waals surface area contributed by atoms with Gasteiger partial charge in [0.15, 0.2) is 0 Å². The summed E-state index contributed by atoms with van der Waals surface area (Å²) in [6, 6.07) is 2.58. The van der Waals surface area contributed by atoms with Crippen molar-refractivity contribution >= 4 is 6.08 Å². The Kier molecular flexibility index (Phi) is 3.79. The lowest BCUT2D eigenvalue weighted by Crippen LogP contribution is -2.30. The monoisotopic (exact) mass is 232 g/mol. The van der Waals surface area contributed by atoms with Crippen LogP contribution in [0, 0.1) is 6.92 Å². The van der Waals surface area contributed by atoms with Crippen LogP contribution in [-0.2, 0) is 0 Å². The van der Waals surface area contributed by atoms with Crippen molar-refractivity contribution in [2.45, 2.75) is 25.8 Å². The van der Waals surface area contributed by atoms with Gasteiger partial charge in [-0.2, -0.15) is 0 Å². The van der Waals surface area contributed by atoms with Gasteiger partial charge in [0.2, 0.25) is 0 Å². The van der Waals surface area contributed by atoms with Crippen molar-refractivity contribution < 1.29 is 4.74 Å². The molecule has 0 aliphatic carbocycles. The van der Waals surface area contributed by atoms with Crippen molar-refractivity contribution in [1.29, 1.82) is 0 Å². The molecule has 1 saturated heterocycles. The highest BCUT2D eigenvalue weighted by Gasteiger charge is 2.21. The Morgan fingerprint density at radius 1 is 1.65 bits per heavy atom. The molecule has 3 nitrogen and oxygen atoms in total. The molecular weight excluding hydrogens is 212 g/mol. The molecule has 17 heavy (non-hydrogen) atoms. The molecule has 1 aliphatic rings. The van der Waals surface area contributed by atoms with E-state index < -0.39 is 0 Å². The minimum Gasteiger partial charge on any atom is -0.490 e. The average Bonchev–Trinajstić information content (AvgIpc) is 2.72. The fourth-order valence-electron chi connectivity index (χ4n) is 2.23. The summed E-state index contributed by atoms with van der Waals surface area (Å²) in [5.74, 6) is 0.855. The lowest BCUT2D eigenvalue weighted by molar-refractivity contribution is 0.197. The number of nitrogens with zero attached hydrogens (tertiary/aromatic N) is 2. The molecule has 1 atom stereocenters. The Bertz CT molecular complexity index is 403. The summed E-state index contributed by atoms with van der Waals surface area (Å²) in [6.07, 6.45) is 6.05. The predicted octanol–water partition coefficient (Wildman–Crippen LogP) is 2.51. The van der Waals surface area contributed by atoms with Gasteiger partial charge in [0.05, 0.1) is 11.9 Å². The average molecular weight is 232 g/mol. The number of pyridine rings is 1. The molecule has 0 amide bonds. The van der Waals surface area contributed by atoms with E-state index in [-0.39, 0.29) is 0 Å². The Morgan fingerprint density at radius 3 is 3.06 bits per heavy atom. The first-order valence-electron chi connectivity index (χ1n) is 6.13. The zero-order valence-corrected chi connectivity index (χ0v) is 10.6. The SMILES string of the molecule is C=Cc1ncc(OC[C@@H]2CCCN2C)cc1C. The van der Waals surface area contributed by atoms with Gasteiger partial charge in [-0.3, -0.25) is 4.98 Å². The van der Waals surface area contributed by atoms with Crippen LogP contribution < -0.4 is 4.74 Å². The van der Waals surface area contributed by atoms with E-state index in [0.29, 0.717) is 6.04 Å². The highest BCUT2D eigenvalue weighted by Crippen LogP contribution is 2.19. The van der Waals surface area contributed by atoms with Crippen molar-refractivity contribution in [1.82, 2.24) is 9.88 Å². The standard InChI is InChI=1S/C14H20N2O/c1-4-14-11(2)8-13(9-15-14)17-10-12-6-5-7-16(12)3/h4,8-9,12H,1,5-7,10H2,2-3H3/t12-/m0/s1. The Hall–Kier alpha value is -1.35. The summed E-state index contributed by atoms with van der Waals surface area (Å²) in [5, 5.41) is 0. The summed E-state index contributed by atoms with van der Waals surface area (Å²) in [7, 11) is 2.16. The highest BCUT2D eigenvalue weighted by molar-refractivity contribution is 5.47. The second-order valence-electron chi connectivity index (χ2n) is 4.66. The van der Waals surface area contributed by atoms with Crippen LogP contribution in [0.5, 0.6) is 5.75 Å². The van der Waals surface area contributed by atoms with Gasteiger partial charge in [0.1, 0.15) is 12.4 Å². The van der Waals surface area contributed by atoms with Crippen LogP contribution in [0.4, 0.5) is 0 Å². The van der Waals surface area contributed by atoms with Crippen LogP contribution in [0.15, 0.2) is 18.8 Å². The maximum Gasteiger partial charge on any atom is 0.137 e. The Balaban J connectivity index is 1.95. The number of rotatable bonds is 4. The van der Waals surface area contributed by atoms with Crippen LogP contribution in [-0.4, -0.2) is 36.1 Å². The predicted molar refractivity (Wildman–Crippen MR) is 70.2 cm³/mol. The van der Waals surface area contributed by atoms with E-state index in [1.807, 2.05) is 13.0 Å². The molecule has 2 rings (SSSR count). The first-order valence-corrected chi connectivity index (χ1v) is 6.13. The topological polar surface area (TPSA) is 25.4 Å². The van der Waals surface area contributed by atoms with E-state index in [4.69, 9.17) is 4.74 Å². The van der Waals surface area contributed by atoms with Crippen molar-refractivity contribution in [3.63, 3.8) is 0 Å². The summed E-state index contributed by atoms with van der Waals surface area (Å²) in [4.78, 5) is 6.66. The number of likely N-dealkylation sites (tertiary alicyclic amines) is 1. The number of likely N-dealkylation sites (N-methyl/N-ethyl adjacent to an activating group) is 1. The van der Waals surface area contributed by atoms with Gasteiger partial charge in [0, 0.05) is 6.04 Å². The van der Waals surface area contributed by atoms with Crippen LogP contribution in [0.1, 0.15) is 24.1 Å². The number of aromatic nitrogens is 1. The number of ether oxygens (including phenoxy) is 1. The molecule has 1 aromatic heterocycles. The molecule has 0 spiro atoms. The highest BCUT2D eigenvalue weighted by atomic mass is 16.5. The summed E-state index contributed by atoms with van der Waals surface area (Å²) >= 11 is 0. The smallest absolute Gasteiger partial charge is 0.137 e. The van der Waals surface area contributed by atoms with Crippen molar-refractivity contribution in [2.24, 2.45) is 0 Å². The summed E-state index contributed by atoms with van der Waals surface area (Å²) < 4.78 is 5.80. The van der Waals surface area contributed by atoms with Gasteiger partial charge in [0.25, 0.3) is 0 Å². The van der Waals surface area contributed by atoms with Crippen molar-refractivity contribution in [3.8, 4) is 5.75 Å². The lowest BCUT2D eigenvalue weighted by atomic mass is 10.2. The van der Waals surface area contributed by atoms with E-state index in [1.54, 1.807) is 12.3 Å². The molecule has 0 saturated carbocycles. The number of aryl methyl sites for hydroxylation is 1. The summed E-state index contributed by atoms with van der Waals surface area (Å²) in [5.41, 5.74) is 2.03. The quantitative estimate of drug-likeness (QED) is 0.797. The van der Waals surface area contributed by atoms with Crippen molar-refractivity contribution in [2.75, 3.05) is 20.2 Å². The molecule has 92 valence electrons. The largest absolute Gasteiger partial charge is 0.490 e. The third-order valence-corrected chi connectivity index (χ3v) is 3.40. The molecule has 0 bridgehead atoms. The fourth-order valence-corrected chi connectivity index (χ4v) is 2.23. The lowest BCUT2D eigenvalue weighted by Gasteiger charge is -2.19. The number of hydrogen-bond acceptors (Lipinski definition) is 3. The van der Waals surface area contributed by atoms with Crippen molar-refractivity contribution in [3.05, 3.63) is 30.1 Å². The van der Waals surface area contributed by atoms with Gasteiger partial charge in [-0.15, -0.1) is 0 Å². The zero-order chi connectivity index (χ0) is 12.3. The molecule has 0 N–H and O–H groups in total. The number of hydrogen-bond donors (Lipinski definition) is 0. The molecule has 0 aromatic carbocycles. The second-order valence-corrected chi connectivity index (χ2v) is 4.66. The maximum absolute atomic E-state index is 5.80. The van der Waals surface area contributed by atoms with Gasteiger partial charge in [-0.1, -0.05) is 6.58 Å². The summed E-state index contributed by atoms with van der Waals surface area (Å²) in [6.45, 7) is 7.69. The molecular formula is C14H20N2O. The first kappa shape index (κ1) is 12.1. The molecule has 1 aliphatic heterocycles. The van der Waals surface area contributed by atoms with Gasteiger partial charge in [-0.25, -0.2) is 0 Å². The molecule has 1 fully saturated rings. The minimum atomic E-state index is 0.550. The van der Waals surface area contributed by atoms with E-state index in [0.717, 1.165) is 23.6 Å². The van der Waals surface area contributed by atoms with Gasteiger partial charge in [-0.05, 0) is 51.1 Å². The van der Waals surface area contributed by atoms with E-state index in [9.17, 15) is 0 Å². The molecule has 0 unspecified atom stereocenters. The van der Waals surface area contributed by atoms with Crippen LogP contribution in [0.2, 0.25) is 0 Å². The molecule has 3 heteroatoms. The third-order valence-electron chi connectivity index (χ3n) is 3.40. The minimum absolute atomic E-state index is 0.550. The van der Waals surface area contributed by atoms with E-state index in [2.05, 4.69) is 23.5 Å². The Labute approximate surface area is 103 Å². The first-order chi connectivity index (χ1) is 8.20. The normalized spacial score (nSPS) is 20.5. The zero-order valence-electron chi connectivity index (χ0n) is 10.6. The molecule has 0 radical (unpaired) electrons.